The highest BCUT2D eigenvalue weighted by molar-refractivity contribution is 14.0. The molecule has 2 heterocycles. The molecule has 0 saturated carbocycles. The Balaban J connectivity index is 0.00000364. The molecule has 27 heavy (non-hydrogen) atoms. The minimum Gasteiger partial charge on any atom is -0.361 e. The van der Waals surface area contributed by atoms with Gasteiger partial charge in [-0.05, 0) is 25.3 Å². The highest BCUT2D eigenvalue weighted by atomic mass is 127. The number of nitrogens with zero attached hydrogens (tertiary/aromatic N) is 3. The molecule has 0 aliphatic carbocycles. The molecule has 156 valence electrons. The fourth-order valence-corrected chi connectivity index (χ4v) is 3.25. The van der Waals surface area contributed by atoms with Gasteiger partial charge in [-0.1, -0.05) is 19.0 Å². The minimum absolute atomic E-state index is 0. The molecule has 1 atom stereocenters. The van der Waals surface area contributed by atoms with Crippen LogP contribution in [-0.2, 0) is 19.4 Å². The summed E-state index contributed by atoms with van der Waals surface area (Å²) >= 11 is 0. The van der Waals surface area contributed by atoms with Crippen molar-refractivity contribution in [3.63, 3.8) is 0 Å². The standard InChI is InChI=1S/C17H28F3N5O.HI/c1-4-14-13(15(5-2)26-24-14)9-23-16(21-3)22-8-12-6-7-25(10-12)11-17(18,19)20;/h12H,4-11H2,1-3H3,(H2,21,22,23);1H. The van der Waals surface area contributed by atoms with Crippen molar-refractivity contribution in [3.8, 4) is 0 Å². The molecule has 1 aliphatic heterocycles. The first-order valence-electron chi connectivity index (χ1n) is 9.06. The van der Waals surface area contributed by atoms with Gasteiger partial charge in [0, 0.05) is 38.7 Å². The summed E-state index contributed by atoms with van der Waals surface area (Å²) in [6.45, 7) is 5.31. The van der Waals surface area contributed by atoms with Crippen molar-refractivity contribution in [2.24, 2.45) is 10.9 Å². The molecule has 0 amide bonds. The van der Waals surface area contributed by atoms with Gasteiger partial charge in [0.05, 0.1) is 12.2 Å². The van der Waals surface area contributed by atoms with Crippen LogP contribution in [0.1, 0.15) is 37.3 Å². The van der Waals surface area contributed by atoms with Crippen molar-refractivity contribution in [2.75, 3.05) is 33.2 Å². The van der Waals surface area contributed by atoms with Crippen LogP contribution < -0.4 is 10.6 Å². The molecule has 1 fully saturated rings. The van der Waals surface area contributed by atoms with E-state index < -0.39 is 12.7 Å². The first kappa shape index (κ1) is 24.0. The third kappa shape index (κ3) is 7.47. The van der Waals surface area contributed by atoms with E-state index in [0.717, 1.165) is 36.3 Å². The predicted molar refractivity (Wildman–Crippen MR) is 109 cm³/mol. The van der Waals surface area contributed by atoms with Gasteiger partial charge >= 0.3 is 6.18 Å². The Labute approximate surface area is 175 Å². The number of rotatable bonds is 7. The second-order valence-corrected chi connectivity index (χ2v) is 6.55. The molecule has 0 radical (unpaired) electrons. The van der Waals surface area contributed by atoms with Crippen molar-refractivity contribution in [1.82, 2.24) is 20.7 Å². The van der Waals surface area contributed by atoms with Crippen LogP contribution in [0, 0.1) is 5.92 Å². The number of nitrogens with one attached hydrogen (secondary N) is 2. The lowest BCUT2D eigenvalue weighted by atomic mass is 10.1. The molecule has 0 bridgehead atoms. The minimum atomic E-state index is -4.13. The Kier molecular flexibility index (Phi) is 9.85. The fourth-order valence-electron chi connectivity index (χ4n) is 3.25. The summed E-state index contributed by atoms with van der Waals surface area (Å²) in [5.74, 6) is 1.68. The summed E-state index contributed by atoms with van der Waals surface area (Å²) in [5.41, 5.74) is 1.98. The van der Waals surface area contributed by atoms with Gasteiger partial charge in [0.2, 0.25) is 0 Å². The van der Waals surface area contributed by atoms with E-state index in [9.17, 15) is 13.2 Å². The highest BCUT2D eigenvalue weighted by Crippen LogP contribution is 2.22. The Hall–Kier alpha value is -1.04. The summed E-state index contributed by atoms with van der Waals surface area (Å²) < 4.78 is 42.7. The lowest BCUT2D eigenvalue weighted by Crippen LogP contribution is -2.40. The van der Waals surface area contributed by atoms with Crippen molar-refractivity contribution >= 4 is 29.9 Å². The summed E-state index contributed by atoms with van der Waals surface area (Å²) in [6.07, 6.45) is -1.81. The number of aryl methyl sites for hydroxylation is 2. The maximum atomic E-state index is 12.5. The van der Waals surface area contributed by atoms with Gasteiger partial charge in [-0.3, -0.25) is 9.89 Å². The van der Waals surface area contributed by atoms with Gasteiger partial charge in [0.1, 0.15) is 5.76 Å². The van der Waals surface area contributed by atoms with E-state index in [1.54, 1.807) is 7.05 Å². The van der Waals surface area contributed by atoms with E-state index in [4.69, 9.17) is 4.52 Å². The zero-order valence-corrected chi connectivity index (χ0v) is 18.4. The Morgan fingerprint density at radius 1 is 1.30 bits per heavy atom. The molecule has 1 saturated heterocycles. The highest BCUT2D eigenvalue weighted by Gasteiger charge is 2.34. The molecule has 1 aromatic rings. The molecular formula is C17H29F3IN5O. The monoisotopic (exact) mass is 503 g/mol. The number of alkyl halides is 3. The first-order chi connectivity index (χ1) is 12.4. The van der Waals surface area contributed by atoms with E-state index >= 15 is 0 Å². The Morgan fingerprint density at radius 3 is 2.63 bits per heavy atom. The van der Waals surface area contributed by atoms with E-state index in [1.165, 1.54) is 4.90 Å². The van der Waals surface area contributed by atoms with Crippen molar-refractivity contribution in [3.05, 3.63) is 17.0 Å². The molecule has 0 aromatic carbocycles. The SMILES string of the molecule is CCc1noc(CC)c1CNC(=NC)NCC1CCN(CC(F)(F)F)C1.I. The number of hydrogen-bond acceptors (Lipinski definition) is 4. The fraction of sp³-hybridized carbons (Fsp3) is 0.765. The van der Waals surface area contributed by atoms with E-state index in [2.05, 4.69) is 20.8 Å². The van der Waals surface area contributed by atoms with Gasteiger partial charge in [-0.2, -0.15) is 13.2 Å². The van der Waals surface area contributed by atoms with Gasteiger partial charge in [0.25, 0.3) is 0 Å². The zero-order chi connectivity index (χ0) is 19.2. The van der Waals surface area contributed by atoms with Crippen LogP contribution in [0.4, 0.5) is 13.2 Å². The number of hydrogen-bond donors (Lipinski definition) is 2. The lowest BCUT2D eigenvalue weighted by molar-refractivity contribution is -0.143. The molecule has 1 aromatic heterocycles. The second kappa shape index (κ2) is 11.1. The van der Waals surface area contributed by atoms with Crippen LogP contribution in [0.3, 0.4) is 0 Å². The average Bonchev–Trinajstić information content (AvgIpc) is 3.19. The lowest BCUT2D eigenvalue weighted by Gasteiger charge is -2.18. The predicted octanol–water partition coefficient (Wildman–Crippen LogP) is 2.97. The molecule has 1 aliphatic rings. The first-order valence-corrected chi connectivity index (χ1v) is 9.06. The van der Waals surface area contributed by atoms with Crippen molar-refractivity contribution in [2.45, 2.75) is 45.8 Å². The molecule has 6 nitrogen and oxygen atoms in total. The number of halogens is 4. The Bertz CT molecular complexity index is 584. The summed E-state index contributed by atoms with van der Waals surface area (Å²) in [5, 5.41) is 10.5. The van der Waals surface area contributed by atoms with E-state index in [-0.39, 0.29) is 29.9 Å². The average molecular weight is 503 g/mol. The van der Waals surface area contributed by atoms with Gasteiger partial charge < -0.3 is 15.2 Å². The Morgan fingerprint density at radius 2 is 2.04 bits per heavy atom. The zero-order valence-electron chi connectivity index (χ0n) is 16.0. The smallest absolute Gasteiger partial charge is 0.361 e. The van der Waals surface area contributed by atoms with Crippen LogP contribution in [0.15, 0.2) is 9.52 Å². The third-order valence-corrected chi connectivity index (χ3v) is 4.59. The van der Waals surface area contributed by atoms with E-state index in [1.807, 2.05) is 13.8 Å². The molecular weight excluding hydrogens is 474 g/mol. The van der Waals surface area contributed by atoms with Crippen LogP contribution in [0.5, 0.6) is 0 Å². The van der Waals surface area contributed by atoms with E-state index in [0.29, 0.717) is 32.1 Å². The molecule has 2 rings (SSSR count). The number of aromatic nitrogens is 1. The molecule has 2 N–H and O–H groups in total. The van der Waals surface area contributed by atoms with Gasteiger partial charge in [-0.15, -0.1) is 24.0 Å². The number of aliphatic imine (C=N–C) groups is 1. The summed E-state index contributed by atoms with van der Waals surface area (Å²) in [7, 11) is 1.68. The topological polar surface area (TPSA) is 65.7 Å². The maximum absolute atomic E-state index is 12.5. The van der Waals surface area contributed by atoms with Gasteiger partial charge in [0.15, 0.2) is 5.96 Å². The third-order valence-electron chi connectivity index (χ3n) is 4.59. The van der Waals surface area contributed by atoms with Crippen LogP contribution in [0.25, 0.3) is 0 Å². The van der Waals surface area contributed by atoms with Crippen molar-refractivity contribution < 1.29 is 17.7 Å². The molecule has 1 unspecified atom stereocenters. The van der Waals surface area contributed by atoms with Gasteiger partial charge in [-0.25, -0.2) is 0 Å². The second-order valence-electron chi connectivity index (χ2n) is 6.55. The number of guanidine groups is 1. The van der Waals surface area contributed by atoms with Crippen molar-refractivity contribution in [1.29, 1.82) is 0 Å². The molecule has 10 heteroatoms. The maximum Gasteiger partial charge on any atom is 0.401 e. The van der Waals surface area contributed by atoms with Crippen LogP contribution in [-0.4, -0.2) is 55.4 Å². The normalized spacial score (nSPS) is 18.4. The quantitative estimate of drug-likeness (QED) is 0.341. The van der Waals surface area contributed by atoms with Crippen LogP contribution in [0.2, 0.25) is 0 Å². The van der Waals surface area contributed by atoms with Crippen LogP contribution >= 0.6 is 24.0 Å². The summed E-state index contributed by atoms with van der Waals surface area (Å²) in [4.78, 5) is 5.65. The number of likely N-dealkylation sites (tertiary alicyclic amines) is 1. The molecule has 0 spiro atoms. The summed E-state index contributed by atoms with van der Waals surface area (Å²) in [6, 6.07) is 0. The largest absolute Gasteiger partial charge is 0.401 e.